The zero-order valence-corrected chi connectivity index (χ0v) is 12.9. The Labute approximate surface area is 125 Å². The van der Waals surface area contributed by atoms with Gasteiger partial charge in [0, 0.05) is 12.6 Å². The van der Waals surface area contributed by atoms with E-state index in [-0.39, 0.29) is 23.3 Å². The van der Waals surface area contributed by atoms with Crippen LogP contribution in [0.1, 0.15) is 18.9 Å². The highest BCUT2D eigenvalue weighted by Gasteiger charge is 2.28. The Balaban J connectivity index is 1.97. The van der Waals surface area contributed by atoms with Gasteiger partial charge in [0.15, 0.2) is 15.8 Å². The molecule has 1 atom stereocenters. The van der Waals surface area contributed by atoms with Crippen LogP contribution >= 0.6 is 0 Å². The van der Waals surface area contributed by atoms with Gasteiger partial charge in [-0.15, -0.1) is 0 Å². The molecule has 1 aromatic carbocycles. The maximum absolute atomic E-state index is 11.5. The SMILES string of the molecule is CCNC(=NCc1ccc(O)cc1)NC1CCS(=O)(=O)C1. The largest absolute Gasteiger partial charge is 0.508 e. The number of sulfone groups is 1. The Morgan fingerprint density at radius 3 is 2.67 bits per heavy atom. The average molecular weight is 311 g/mol. The molecule has 0 spiro atoms. The summed E-state index contributed by atoms with van der Waals surface area (Å²) in [6.07, 6.45) is 0.617. The molecule has 0 amide bonds. The summed E-state index contributed by atoms with van der Waals surface area (Å²) in [4.78, 5) is 4.44. The lowest BCUT2D eigenvalue weighted by atomic mass is 10.2. The first kappa shape index (κ1) is 15.6. The molecule has 1 saturated heterocycles. The quantitative estimate of drug-likeness (QED) is 0.560. The molecule has 21 heavy (non-hydrogen) atoms. The molecule has 0 radical (unpaired) electrons. The van der Waals surface area contributed by atoms with Crippen molar-refractivity contribution in [3.63, 3.8) is 0 Å². The van der Waals surface area contributed by atoms with Crippen LogP contribution in [0.4, 0.5) is 0 Å². The van der Waals surface area contributed by atoms with Crippen LogP contribution in [0, 0.1) is 0 Å². The van der Waals surface area contributed by atoms with Gasteiger partial charge in [-0.25, -0.2) is 13.4 Å². The number of aliphatic imine (C=N–C) groups is 1. The molecule has 1 aromatic rings. The number of guanidine groups is 1. The van der Waals surface area contributed by atoms with E-state index in [1.807, 2.05) is 19.1 Å². The Morgan fingerprint density at radius 2 is 2.10 bits per heavy atom. The van der Waals surface area contributed by atoms with Crippen LogP contribution in [0.5, 0.6) is 5.75 Å². The van der Waals surface area contributed by atoms with Gasteiger partial charge in [-0.1, -0.05) is 12.1 Å². The molecule has 0 saturated carbocycles. The van der Waals surface area contributed by atoms with Crippen LogP contribution in [-0.2, 0) is 16.4 Å². The van der Waals surface area contributed by atoms with Gasteiger partial charge in [-0.3, -0.25) is 0 Å². The molecule has 0 aliphatic carbocycles. The normalized spacial score (nSPS) is 21.2. The summed E-state index contributed by atoms with van der Waals surface area (Å²) in [7, 11) is -2.90. The van der Waals surface area contributed by atoms with E-state index in [0.29, 0.717) is 25.5 Å². The van der Waals surface area contributed by atoms with Gasteiger partial charge in [0.25, 0.3) is 0 Å². The van der Waals surface area contributed by atoms with Gasteiger partial charge in [0.1, 0.15) is 5.75 Å². The zero-order valence-electron chi connectivity index (χ0n) is 12.0. The molecule has 1 aliphatic rings. The van der Waals surface area contributed by atoms with Crippen molar-refractivity contribution in [3.05, 3.63) is 29.8 Å². The summed E-state index contributed by atoms with van der Waals surface area (Å²) in [5.41, 5.74) is 0.976. The van der Waals surface area contributed by atoms with Crippen LogP contribution < -0.4 is 10.6 Å². The molecule has 1 fully saturated rings. The van der Waals surface area contributed by atoms with Gasteiger partial charge in [0.05, 0.1) is 18.1 Å². The second-order valence-corrected chi connectivity index (χ2v) is 7.33. The van der Waals surface area contributed by atoms with Crippen LogP contribution in [0.25, 0.3) is 0 Å². The van der Waals surface area contributed by atoms with E-state index in [4.69, 9.17) is 0 Å². The third-order valence-corrected chi connectivity index (χ3v) is 5.04. The zero-order chi connectivity index (χ0) is 15.3. The number of nitrogens with one attached hydrogen (secondary N) is 2. The number of nitrogens with zero attached hydrogens (tertiary/aromatic N) is 1. The number of phenols is 1. The fourth-order valence-corrected chi connectivity index (χ4v) is 3.87. The molecule has 3 N–H and O–H groups in total. The molecule has 1 heterocycles. The maximum atomic E-state index is 11.5. The topological polar surface area (TPSA) is 90.8 Å². The highest BCUT2D eigenvalue weighted by molar-refractivity contribution is 7.91. The van der Waals surface area contributed by atoms with Gasteiger partial charge in [-0.2, -0.15) is 0 Å². The van der Waals surface area contributed by atoms with Gasteiger partial charge in [-0.05, 0) is 31.0 Å². The summed E-state index contributed by atoms with van der Waals surface area (Å²) in [6, 6.07) is 6.78. The van der Waals surface area contributed by atoms with Crippen molar-refractivity contribution >= 4 is 15.8 Å². The average Bonchev–Trinajstić information content (AvgIpc) is 2.77. The van der Waals surface area contributed by atoms with Crippen molar-refractivity contribution in [1.29, 1.82) is 0 Å². The van der Waals surface area contributed by atoms with E-state index in [1.165, 1.54) is 0 Å². The highest BCUT2D eigenvalue weighted by Crippen LogP contribution is 2.12. The fourth-order valence-electron chi connectivity index (χ4n) is 2.19. The van der Waals surface area contributed by atoms with Crippen LogP contribution in [0.2, 0.25) is 0 Å². The molecule has 0 bridgehead atoms. The monoisotopic (exact) mass is 311 g/mol. The second-order valence-electron chi connectivity index (χ2n) is 5.11. The highest BCUT2D eigenvalue weighted by atomic mass is 32.2. The summed E-state index contributed by atoms with van der Waals surface area (Å²) in [5.74, 6) is 1.25. The number of benzene rings is 1. The molecule has 0 aromatic heterocycles. The van der Waals surface area contributed by atoms with Gasteiger partial charge >= 0.3 is 0 Å². The third kappa shape index (κ3) is 4.93. The van der Waals surface area contributed by atoms with Crippen molar-refractivity contribution < 1.29 is 13.5 Å². The van der Waals surface area contributed by atoms with E-state index >= 15 is 0 Å². The minimum atomic E-state index is -2.90. The van der Waals surface area contributed by atoms with Crippen molar-refractivity contribution in [2.45, 2.75) is 25.9 Å². The molecule has 2 rings (SSSR count). The Kier molecular flexibility index (Phi) is 5.06. The van der Waals surface area contributed by atoms with E-state index < -0.39 is 9.84 Å². The first-order chi connectivity index (χ1) is 9.98. The van der Waals surface area contributed by atoms with Gasteiger partial charge < -0.3 is 15.7 Å². The van der Waals surface area contributed by atoms with E-state index in [1.54, 1.807) is 12.1 Å². The number of rotatable bonds is 4. The molecule has 116 valence electrons. The standard InChI is InChI=1S/C14H21N3O3S/c1-2-15-14(17-12-7-8-21(19,20)10-12)16-9-11-3-5-13(18)6-4-11/h3-6,12,18H,2,7-10H2,1H3,(H2,15,16,17). The lowest BCUT2D eigenvalue weighted by Gasteiger charge is -2.15. The summed E-state index contributed by atoms with van der Waals surface area (Å²) in [6.45, 7) is 3.14. The minimum absolute atomic E-state index is 0.0763. The Morgan fingerprint density at radius 1 is 1.38 bits per heavy atom. The predicted molar refractivity (Wildman–Crippen MR) is 83.1 cm³/mol. The lowest BCUT2D eigenvalue weighted by Crippen LogP contribution is -2.44. The smallest absolute Gasteiger partial charge is 0.191 e. The predicted octanol–water partition coefficient (Wildman–Crippen LogP) is 0.634. The van der Waals surface area contributed by atoms with Crippen molar-refractivity contribution in [2.75, 3.05) is 18.1 Å². The van der Waals surface area contributed by atoms with E-state index in [2.05, 4.69) is 15.6 Å². The van der Waals surface area contributed by atoms with E-state index in [0.717, 1.165) is 5.56 Å². The number of hydrogen-bond acceptors (Lipinski definition) is 4. The van der Waals surface area contributed by atoms with Crippen molar-refractivity contribution in [1.82, 2.24) is 10.6 Å². The minimum Gasteiger partial charge on any atom is -0.508 e. The van der Waals surface area contributed by atoms with Gasteiger partial charge in [0.2, 0.25) is 0 Å². The molecule has 1 unspecified atom stereocenters. The fraction of sp³-hybridized carbons (Fsp3) is 0.500. The molecular formula is C14H21N3O3S. The summed E-state index contributed by atoms with van der Waals surface area (Å²) >= 11 is 0. The number of aromatic hydroxyl groups is 1. The van der Waals surface area contributed by atoms with Crippen molar-refractivity contribution in [2.24, 2.45) is 4.99 Å². The molecule has 1 aliphatic heterocycles. The second kappa shape index (κ2) is 6.80. The maximum Gasteiger partial charge on any atom is 0.191 e. The van der Waals surface area contributed by atoms with Crippen LogP contribution in [0.15, 0.2) is 29.3 Å². The summed E-state index contributed by atoms with van der Waals surface area (Å²) in [5, 5.41) is 15.5. The number of phenolic OH excluding ortho intramolecular Hbond substituents is 1. The molecule has 6 nitrogen and oxygen atoms in total. The van der Waals surface area contributed by atoms with Crippen LogP contribution in [0.3, 0.4) is 0 Å². The van der Waals surface area contributed by atoms with Crippen LogP contribution in [-0.4, -0.2) is 43.6 Å². The third-order valence-electron chi connectivity index (χ3n) is 3.27. The van der Waals surface area contributed by atoms with E-state index in [9.17, 15) is 13.5 Å². The Bertz CT molecular complexity index is 596. The first-order valence-corrected chi connectivity index (χ1v) is 8.84. The molecular weight excluding hydrogens is 290 g/mol. The Hall–Kier alpha value is -1.76. The lowest BCUT2D eigenvalue weighted by molar-refractivity contribution is 0.475. The summed E-state index contributed by atoms with van der Waals surface area (Å²) < 4.78 is 22.9. The van der Waals surface area contributed by atoms with Crippen molar-refractivity contribution in [3.8, 4) is 5.75 Å². The first-order valence-electron chi connectivity index (χ1n) is 7.01. The number of hydrogen-bond donors (Lipinski definition) is 3. The molecule has 7 heteroatoms.